The van der Waals surface area contributed by atoms with Gasteiger partial charge in [0.1, 0.15) is 0 Å². The fourth-order valence-electron chi connectivity index (χ4n) is 4.08. The van der Waals surface area contributed by atoms with E-state index in [2.05, 4.69) is 32.6 Å². The lowest BCUT2D eigenvalue weighted by atomic mass is 9.74. The predicted molar refractivity (Wildman–Crippen MR) is 81.2 cm³/mol. The van der Waals surface area contributed by atoms with E-state index in [-0.39, 0.29) is 6.10 Å². The highest BCUT2D eigenvalue weighted by atomic mass is 16.3. The highest BCUT2D eigenvalue weighted by Crippen LogP contribution is 2.37. The standard InChI is InChI=1S/C17H33NO/c1-5-13-6-7-16(19)15(12-13)18-10-8-14(9-11-18)17(2,3)4/h13-16,19H,5-12H2,1-4H3. The maximum absolute atomic E-state index is 10.3. The molecule has 0 amide bonds. The fraction of sp³-hybridized carbons (Fsp3) is 1.00. The van der Waals surface area contributed by atoms with Gasteiger partial charge in [-0.15, -0.1) is 0 Å². The summed E-state index contributed by atoms with van der Waals surface area (Å²) in [4.78, 5) is 2.59. The molecule has 0 aromatic heterocycles. The lowest BCUT2D eigenvalue weighted by molar-refractivity contribution is -0.0198. The van der Waals surface area contributed by atoms with E-state index in [0.717, 1.165) is 18.3 Å². The Balaban J connectivity index is 1.89. The first kappa shape index (κ1) is 15.3. The average Bonchev–Trinajstić information content (AvgIpc) is 2.38. The van der Waals surface area contributed by atoms with Crippen LogP contribution in [-0.4, -0.2) is 35.2 Å². The number of hydrogen-bond acceptors (Lipinski definition) is 2. The monoisotopic (exact) mass is 267 g/mol. The van der Waals surface area contributed by atoms with Crippen molar-refractivity contribution in [2.75, 3.05) is 13.1 Å². The van der Waals surface area contributed by atoms with E-state index >= 15 is 0 Å². The molecule has 0 bridgehead atoms. The molecule has 1 aliphatic heterocycles. The summed E-state index contributed by atoms with van der Waals surface area (Å²) in [6.07, 6.45) is 7.29. The summed E-state index contributed by atoms with van der Waals surface area (Å²) in [5.41, 5.74) is 0.448. The average molecular weight is 267 g/mol. The van der Waals surface area contributed by atoms with Gasteiger partial charge in [0.25, 0.3) is 0 Å². The second kappa shape index (κ2) is 6.13. The van der Waals surface area contributed by atoms with Crippen LogP contribution in [0.15, 0.2) is 0 Å². The van der Waals surface area contributed by atoms with E-state index in [0.29, 0.717) is 11.5 Å². The zero-order chi connectivity index (χ0) is 14.0. The minimum atomic E-state index is -0.0750. The quantitative estimate of drug-likeness (QED) is 0.825. The zero-order valence-corrected chi connectivity index (χ0v) is 13.4. The highest BCUT2D eigenvalue weighted by Gasteiger charge is 2.36. The van der Waals surface area contributed by atoms with Gasteiger partial charge in [0.05, 0.1) is 6.10 Å². The minimum absolute atomic E-state index is 0.0750. The molecule has 3 atom stereocenters. The molecule has 0 aromatic rings. The van der Waals surface area contributed by atoms with Crippen molar-refractivity contribution >= 4 is 0 Å². The van der Waals surface area contributed by atoms with Crippen molar-refractivity contribution in [2.45, 2.75) is 78.4 Å². The Morgan fingerprint density at radius 3 is 2.21 bits per heavy atom. The summed E-state index contributed by atoms with van der Waals surface area (Å²) in [7, 11) is 0. The molecular formula is C17H33NO. The summed E-state index contributed by atoms with van der Waals surface area (Å²) in [6, 6.07) is 0.444. The van der Waals surface area contributed by atoms with Crippen LogP contribution in [0.5, 0.6) is 0 Å². The van der Waals surface area contributed by atoms with Crippen molar-refractivity contribution in [3.63, 3.8) is 0 Å². The Bertz CT molecular complexity index is 275. The van der Waals surface area contributed by atoms with Crippen molar-refractivity contribution < 1.29 is 5.11 Å². The summed E-state index contributed by atoms with van der Waals surface area (Å²) in [6.45, 7) is 11.8. The first-order valence-electron chi connectivity index (χ1n) is 8.34. The smallest absolute Gasteiger partial charge is 0.0695 e. The molecule has 0 spiro atoms. The van der Waals surface area contributed by atoms with Crippen LogP contribution in [-0.2, 0) is 0 Å². The number of hydrogen-bond donors (Lipinski definition) is 1. The van der Waals surface area contributed by atoms with Gasteiger partial charge < -0.3 is 5.11 Å². The summed E-state index contributed by atoms with van der Waals surface area (Å²) >= 11 is 0. The van der Waals surface area contributed by atoms with Gasteiger partial charge in [-0.2, -0.15) is 0 Å². The number of likely N-dealkylation sites (tertiary alicyclic amines) is 1. The molecular weight excluding hydrogens is 234 g/mol. The van der Waals surface area contributed by atoms with Crippen molar-refractivity contribution in [2.24, 2.45) is 17.3 Å². The van der Waals surface area contributed by atoms with Crippen LogP contribution in [0.25, 0.3) is 0 Å². The van der Waals surface area contributed by atoms with E-state index in [9.17, 15) is 5.11 Å². The molecule has 1 saturated carbocycles. The fourth-order valence-corrected chi connectivity index (χ4v) is 4.08. The van der Waals surface area contributed by atoms with Crippen LogP contribution in [0.4, 0.5) is 0 Å². The maximum Gasteiger partial charge on any atom is 0.0695 e. The molecule has 1 heterocycles. The SMILES string of the molecule is CCC1CCC(O)C(N2CCC(C(C)(C)C)CC2)C1. The van der Waals surface area contributed by atoms with Crippen molar-refractivity contribution in [1.82, 2.24) is 4.90 Å². The molecule has 0 aromatic carbocycles. The van der Waals surface area contributed by atoms with Crippen molar-refractivity contribution in [1.29, 1.82) is 0 Å². The normalized spacial score (nSPS) is 35.5. The lowest BCUT2D eigenvalue weighted by Gasteiger charge is -2.45. The third-order valence-electron chi connectivity index (χ3n) is 5.69. The van der Waals surface area contributed by atoms with Gasteiger partial charge in [-0.3, -0.25) is 4.90 Å². The molecule has 0 radical (unpaired) electrons. The number of nitrogens with zero attached hydrogens (tertiary/aromatic N) is 1. The van der Waals surface area contributed by atoms with E-state index in [1.165, 1.54) is 45.2 Å². The number of piperidine rings is 1. The maximum atomic E-state index is 10.3. The number of rotatable bonds is 2. The van der Waals surface area contributed by atoms with Crippen LogP contribution >= 0.6 is 0 Å². The highest BCUT2D eigenvalue weighted by molar-refractivity contribution is 4.90. The molecule has 2 heteroatoms. The molecule has 2 nitrogen and oxygen atoms in total. The molecule has 2 aliphatic rings. The Morgan fingerprint density at radius 1 is 1.05 bits per heavy atom. The second-order valence-electron chi connectivity index (χ2n) is 7.90. The van der Waals surface area contributed by atoms with Crippen LogP contribution < -0.4 is 0 Å². The van der Waals surface area contributed by atoms with Gasteiger partial charge in [0, 0.05) is 6.04 Å². The topological polar surface area (TPSA) is 23.5 Å². The van der Waals surface area contributed by atoms with E-state index in [1.807, 2.05) is 0 Å². The Morgan fingerprint density at radius 2 is 1.68 bits per heavy atom. The first-order valence-corrected chi connectivity index (χ1v) is 8.34. The largest absolute Gasteiger partial charge is 0.391 e. The van der Waals surface area contributed by atoms with Crippen LogP contribution in [0.3, 0.4) is 0 Å². The van der Waals surface area contributed by atoms with Gasteiger partial charge in [0.2, 0.25) is 0 Å². The zero-order valence-electron chi connectivity index (χ0n) is 13.4. The van der Waals surface area contributed by atoms with Gasteiger partial charge in [-0.05, 0) is 62.4 Å². The van der Waals surface area contributed by atoms with E-state index in [1.54, 1.807) is 0 Å². The lowest BCUT2D eigenvalue weighted by Crippen LogP contribution is -2.51. The van der Waals surface area contributed by atoms with E-state index in [4.69, 9.17) is 0 Å². The number of aliphatic hydroxyl groups is 1. The van der Waals surface area contributed by atoms with Gasteiger partial charge in [0.15, 0.2) is 0 Å². The summed E-state index contributed by atoms with van der Waals surface area (Å²) in [5.74, 6) is 1.69. The molecule has 19 heavy (non-hydrogen) atoms. The molecule has 112 valence electrons. The van der Waals surface area contributed by atoms with Crippen LogP contribution in [0.2, 0.25) is 0 Å². The Labute approximate surface area is 119 Å². The third kappa shape index (κ3) is 3.72. The third-order valence-corrected chi connectivity index (χ3v) is 5.69. The predicted octanol–water partition coefficient (Wildman–Crippen LogP) is 3.68. The van der Waals surface area contributed by atoms with Gasteiger partial charge >= 0.3 is 0 Å². The van der Waals surface area contributed by atoms with Gasteiger partial charge in [-0.25, -0.2) is 0 Å². The summed E-state index contributed by atoms with van der Waals surface area (Å²) in [5, 5.41) is 10.3. The van der Waals surface area contributed by atoms with Crippen LogP contribution in [0.1, 0.15) is 66.2 Å². The Kier molecular flexibility index (Phi) is 4.94. The molecule has 1 aliphatic carbocycles. The summed E-state index contributed by atoms with van der Waals surface area (Å²) < 4.78 is 0. The van der Waals surface area contributed by atoms with Crippen molar-refractivity contribution in [3.8, 4) is 0 Å². The molecule has 1 saturated heterocycles. The molecule has 2 fully saturated rings. The van der Waals surface area contributed by atoms with Crippen molar-refractivity contribution in [3.05, 3.63) is 0 Å². The van der Waals surface area contributed by atoms with E-state index < -0.39 is 0 Å². The molecule has 2 rings (SSSR count). The number of aliphatic hydroxyl groups excluding tert-OH is 1. The first-order chi connectivity index (χ1) is 8.91. The van der Waals surface area contributed by atoms with Crippen LogP contribution in [0, 0.1) is 17.3 Å². The molecule has 3 unspecified atom stereocenters. The van der Waals surface area contributed by atoms with Gasteiger partial charge in [-0.1, -0.05) is 34.1 Å². The molecule has 1 N–H and O–H groups in total. The Hall–Kier alpha value is -0.0800. The minimum Gasteiger partial charge on any atom is -0.391 e. The second-order valence-corrected chi connectivity index (χ2v) is 7.90.